The van der Waals surface area contributed by atoms with E-state index in [0.717, 1.165) is 11.3 Å². The van der Waals surface area contributed by atoms with Gasteiger partial charge in [-0.1, -0.05) is 18.3 Å². The minimum Gasteiger partial charge on any atom is -0.465 e. The van der Waals surface area contributed by atoms with E-state index in [1.54, 1.807) is 20.0 Å². The predicted molar refractivity (Wildman–Crippen MR) is 76.4 cm³/mol. The van der Waals surface area contributed by atoms with Crippen LogP contribution in [0.5, 0.6) is 0 Å². The summed E-state index contributed by atoms with van der Waals surface area (Å²) in [5.41, 5.74) is 0. The molecular formula is C13H18N2O4S. The second-order valence-electron chi connectivity index (χ2n) is 3.72. The van der Waals surface area contributed by atoms with Gasteiger partial charge in [0.2, 0.25) is 5.13 Å². The van der Waals surface area contributed by atoms with E-state index < -0.39 is 17.9 Å². The van der Waals surface area contributed by atoms with Gasteiger partial charge in [0.25, 0.3) is 0 Å². The molecule has 0 spiro atoms. The van der Waals surface area contributed by atoms with E-state index >= 15 is 0 Å². The Morgan fingerprint density at radius 1 is 1.30 bits per heavy atom. The highest BCUT2D eigenvalue weighted by Gasteiger charge is 2.27. The van der Waals surface area contributed by atoms with Gasteiger partial charge in [0.15, 0.2) is 5.92 Å². The van der Waals surface area contributed by atoms with Gasteiger partial charge in [0.05, 0.1) is 13.2 Å². The summed E-state index contributed by atoms with van der Waals surface area (Å²) in [5.74, 6) is -2.48. The van der Waals surface area contributed by atoms with Crippen molar-refractivity contribution in [1.82, 2.24) is 4.98 Å². The summed E-state index contributed by atoms with van der Waals surface area (Å²) < 4.78 is 9.68. The van der Waals surface area contributed by atoms with E-state index in [4.69, 9.17) is 9.47 Å². The molecule has 20 heavy (non-hydrogen) atoms. The summed E-state index contributed by atoms with van der Waals surface area (Å²) in [6.07, 6.45) is 3.82. The molecule has 0 saturated heterocycles. The SMILES string of the molecule is CCOC(=O)C(C=Nc1ncc(CC)s1)C(=O)OCC. The summed E-state index contributed by atoms with van der Waals surface area (Å²) in [5, 5.41) is 0.500. The second kappa shape index (κ2) is 8.42. The van der Waals surface area contributed by atoms with Crippen molar-refractivity contribution in [3.63, 3.8) is 0 Å². The molecule has 1 rings (SSSR count). The molecular weight excluding hydrogens is 280 g/mol. The number of aromatic nitrogens is 1. The van der Waals surface area contributed by atoms with E-state index in [1.807, 2.05) is 6.92 Å². The largest absolute Gasteiger partial charge is 0.465 e. The number of esters is 2. The van der Waals surface area contributed by atoms with Gasteiger partial charge >= 0.3 is 11.9 Å². The lowest BCUT2D eigenvalue weighted by molar-refractivity contribution is -0.157. The molecule has 0 aliphatic carbocycles. The van der Waals surface area contributed by atoms with Crippen LogP contribution in [-0.4, -0.2) is 36.4 Å². The highest BCUT2D eigenvalue weighted by Crippen LogP contribution is 2.21. The van der Waals surface area contributed by atoms with E-state index in [0.29, 0.717) is 5.13 Å². The summed E-state index contributed by atoms with van der Waals surface area (Å²) in [6, 6.07) is 0. The molecule has 0 fully saturated rings. The van der Waals surface area contributed by atoms with Crippen molar-refractivity contribution in [3.8, 4) is 0 Å². The molecule has 6 nitrogen and oxygen atoms in total. The average Bonchev–Trinajstić information content (AvgIpc) is 2.87. The number of rotatable bonds is 7. The van der Waals surface area contributed by atoms with Gasteiger partial charge in [-0.3, -0.25) is 9.59 Å². The molecule has 0 N–H and O–H groups in total. The Bertz CT molecular complexity index is 466. The Balaban J connectivity index is 2.82. The third-order valence-electron chi connectivity index (χ3n) is 2.30. The van der Waals surface area contributed by atoms with E-state index in [2.05, 4.69) is 9.98 Å². The smallest absolute Gasteiger partial charge is 0.325 e. The highest BCUT2D eigenvalue weighted by atomic mass is 32.1. The van der Waals surface area contributed by atoms with E-state index in [9.17, 15) is 9.59 Å². The quantitative estimate of drug-likeness (QED) is 0.438. The van der Waals surface area contributed by atoms with Crippen molar-refractivity contribution in [2.45, 2.75) is 27.2 Å². The fraction of sp³-hybridized carbons (Fsp3) is 0.538. The minimum atomic E-state index is -1.15. The van der Waals surface area contributed by atoms with Crippen molar-refractivity contribution in [2.24, 2.45) is 10.9 Å². The van der Waals surface area contributed by atoms with Crippen LogP contribution in [-0.2, 0) is 25.5 Å². The first-order valence-corrected chi connectivity index (χ1v) is 7.26. The lowest BCUT2D eigenvalue weighted by Gasteiger charge is -2.09. The number of carbonyl (C=O) groups is 2. The minimum absolute atomic E-state index is 0.194. The van der Waals surface area contributed by atoms with Crippen LogP contribution >= 0.6 is 11.3 Å². The van der Waals surface area contributed by atoms with Crippen molar-refractivity contribution in [3.05, 3.63) is 11.1 Å². The van der Waals surface area contributed by atoms with Gasteiger partial charge in [-0.15, -0.1) is 0 Å². The van der Waals surface area contributed by atoms with Crippen LogP contribution in [0.3, 0.4) is 0 Å². The maximum absolute atomic E-state index is 11.7. The summed E-state index contributed by atoms with van der Waals surface area (Å²) in [6.45, 7) is 5.75. The molecule has 0 aliphatic rings. The number of hydrogen-bond donors (Lipinski definition) is 0. The van der Waals surface area contributed by atoms with Crippen molar-refractivity contribution in [2.75, 3.05) is 13.2 Å². The summed E-state index contributed by atoms with van der Waals surface area (Å²) in [7, 11) is 0. The van der Waals surface area contributed by atoms with E-state index in [-0.39, 0.29) is 13.2 Å². The van der Waals surface area contributed by atoms with Gasteiger partial charge in [-0.2, -0.15) is 0 Å². The molecule has 0 unspecified atom stereocenters. The van der Waals surface area contributed by atoms with Crippen LogP contribution in [0.1, 0.15) is 25.6 Å². The zero-order valence-electron chi connectivity index (χ0n) is 11.8. The number of aryl methyl sites for hydroxylation is 1. The van der Waals surface area contributed by atoms with E-state index in [1.165, 1.54) is 17.6 Å². The monoisotopic (exact) mass is 298 g/mol. The molecule has 0 amide bonds. The lowest BCUT2D eigenvalue weighted by atomic mass is 10.2. The molecule has 1 aromatic rings. The van der Waals surface area contributed by atoms with Crippen molar-refractivity contribution < 1.29 is 19.1 Å². The molecule has 0 saturated carbocycles. The Hall–Kier alpha value is -1.76. The lowest BCUT2D eigenvalue weighted by Crippen LogP contribution is -2.29. The molecule has 0 bridgehead atoms. The van der Waals surface area contributed by atoms with Gasteiger partial charge in [0, 0.05) is 17.3 Å². The standard InChI is InChI=1S/C13H18N2O4S/c1-4-9-7-14-13(20-9)15-8-10(11(16)18-5-2)12(17)19-6-3/h7-8,10H,4-6H2,1-3H3. The Morgan fingerprint density at radius 2 is 1.90 bits per heavy atom. The second-order valence-corrected chi connectivity index (χ2v) is 4.82. The topological polar surface area (TPSA) is 77.9 Å². The van der Waals surface area contributed by atoms with Gasteiger partial charge in [-0.25, -0.2) is 9.98 Å². The zero-order chi connectivity index (χ0) is 15.0. The van der Waals surface area contributed by atoms with Crippen LogP contribution in [0.4, 0.5) is 5.13 Å². The maximum Gasteiger partial charge on any atom is 0.325 e. The first-order chi connectivity index (χ1) is 9.62. The zero-order valence-corrected chi connectivity index (χ0v) is 12.6. The van der Waals surface area contributed by atoms with Gasteiger partial charge in [-0.05, 0) is 20.3 Å². The fourth-order valence-corrected chi connectivity index (χ4v) is 2.04. The molecule has 0 radical (unpaired) electrons. The van der Waals surface area contributed by atoms with Crippen LogP contribution < -0.4 is 0 Å². The van der Waals surface area contributed by atoms with Gasteiger partial charge in [0.1, 0.15) is 0 Å². The van der Waals surface area contributed by atoms with Gasteiger partial charge < -0.3 is 9.47 Å². The third kappa shape index (κ3) is 4.73. The first kappa shape index (κ1) is 16.3. The number of thiazole rings is 1. The Labute approximate surface area is 121 Å². The molecule has 0 aliphatic heterocycles. The Morgan fingerprint density at radius 3 is 2.35 bits per heavy atom. The molecule has 1 heterocycles. The summed E-state index contributed by atoms with van der Waals surface area (Å²) >= 11 is 1.41. The van der Waals surface area contributed by atoms with Crippen molar-refractivity contribution >= 4 is 34.6 Å². The number of aliphatic imine (C=N–C) groups is 1. The first-order valence-electron chi connectivity index (χ1n) is 6.44. The molecule has 0 atom stereocenters. The summed E-state index contributed by atoms with van der Waals surface area (Å²) in [4.78, 5) is 32.7. The third-order valence-corrected chi connectivity index (χ3v) is 3.35. The fourth-order valence-electron chi connectivity index (χ4n) is 1.34. The molecule has 110 valence electrons. The highest BCUT2D eigenvalue weighted by molar-refractivity contribution is 7.15. The predicted octanol–water partition coefficient (Wildman–Crippen LogP) is 2.15. The number of nitrogens with zero attached hydrogens (tertiary/aromatic N) is 2. The molecule has 7 heteroatoms. The normalized spacial score (nSPS) is 11.0. The van der Waals surface area contributed by atoms with Crippen LogP contribution in [0.25, 0.3) is 0 Å². The number of ether oxygens (including phenoxy) is 2. The van der Waals surface area contributed by atoms with Crippen molar-refractivity contribution in [1.29, 1.82) is 0 Å². The van der Waals surface area contributed by atoms with Crippen LogP contribution in [0.2, 0.25) is 0 Å². The van der Waals surface area contributed by atoms with Crippen LogP contribution in [0, 0.1) is 5.92 Å². The molecule has 1 aromatic heterocycles. The molecule has 0 aromatic carbocycles. The Kier molecular flexibility index (Phi) is 6.86. The average molecular weight is 298 g/mol. The van der Waals surface area contributed by atoms with Crippen LogP contribution in [0.15, 0.2) is 11.2 Å². The number of hydrogen-bond acceptors (Lipinski definition) is 7. The number of carbonyl (C=O) groups excluding carboxylic acids is 2. The maximum atomic E-state index is 11.7.